The maximum atomic E-state index is 5.10. The average molecular weight is 295 g/mol. The van der Waals surface area contributed by atoms with Gasteiger partial charge in [0, 0.05) is 24.7 Å². The average Bonchev–Trinajstić information content (AvgIpc) is 3.09. The summed E-state index contributed by atoms with van der Waals surface area (Å²) in [6.45, 7) is 2.06. The van der Waals surface area contributed by atoms with Gasteiger partial charge in [0.25, 0.3) is 0 Å². The maximum absolute atomic E-state index is 5.10. The van der Waals surface area contributed by atoms with E-state index in [4.69, 9.17) is 4.74 Å². The highest BCUT2D eigenvalue weighted by Gasteiger charge is 2.08. The monoisotopic (exact) mass is 295 g/mol. The van der Waals surface area contributed by atoms with Crippen molar-refractivity contribution in [1.82, 2.24) is 19.7 Å². The SMILES string of the molecule is COc1ccnc(NC(C)c2ccc(-n3cccn3)cc2)n1. The predicted molar refractivity (Wildman–Crippen MR) is 84.2 cm³/mol. The van der Waals surface area contributed by atoms with Gasteiger partial charge in [0.1, 0.15) is 0 Å². The summed E-state index contributed by atoms with van der Waals surface area (Å²) in [6.07, 6.45) is 5.35. The third-order valence-corrected chi connectivity index (χ3v) is 3.35. The molecule has 0 aliphatic rings. The van der Waals surface area contributed by atoms with Gasteiger partial charge in [-0.3, -0.25) is 0 Å². The molecule has 0 spiro atoms. The highest BCUT2D eigenvalue weighted by molar-refractivity contribution is 5.38. The van der Waals surface area contributed by atoms with Gasteiger partial charge in [-0.1, -0.05) is 12.1 Å². The van der Waals surface area contributed by atoms with Gasteiger partial charge < -0.3 is 10.1 Å². The minimum absolute atomic E-state index is 0.0822. The Hall–Kier alpha value is -2.89. The van der Waals surface area contributed by atoms with Crippen LogP contribution in [0.4, 0.5) is 5.95 Å². The summed E-state index contributed by atoms with van der Waals surface area (Å²) >= 11 is 0. The number of anilines is 1. The van der Waals surface area contributed by atoms with Crippen molar-refractivity contribution >= 4 is 5.95 Å². The molecule has 3 aromatic rings. The van der Waals surface area contributed by atoms with Gasteiger partial charge in [-0.2, -0.15) is 10.1 Å². The first kappa shape index (κ1) is 14.1. The molecule has 6 heteroatoms. The zero-order valence-electron chi connectivity index (χ0n) is 12.5. The van der Waals surface area contributed by atoms with E-state index in [-0.39, 0.29) is 6.04 Å². The summed E-state index contributed by atoms with van der Waals surface area (Å²) in [4.78, 5) is 8.45. The number of hydrogen-bond donors (Lipinski definition) is 1. The molecule has 0 aliphatic carbocycles. The quantitative estimate of drug-likeness (QED) is 0.784. The third kappa shape index (κ3) is 3.06. The van der Waals surface area contributed by atoms with E-state index < -0.39 is 0 Å². The Bertz CT molecular complexity index is 725. The molecule has 2 aromatic heterocycles. The molecule has 1 unspecified atom stereocenters. The lowest BCUT2D eigenvalue weighted by Gasteiger charge is -2.15. The Balaban J connectivity index is 1.73. The largest absolute Gasteiger partial charge is 0.481 e. The zero-order valence-corrected chi connectivity index (χ0v) is 12.5. The second kappa shape index (κ2) is 6.26. The van der Waals surface area contributed by atoms with Crippen molar-refractivity contribution in [3.8, 4) is 11.6 Å². The van der Waals surface area contributed by atoms with Crippen molar-refractivity contribution in [2.45, 2.75) is 13.0 Å². The van der Waals surface area contributed by atoms with Crippen molar-refractivity contribution in [2.75, 3.05) is 12.4 Å². The van der Waals surface area contributed by atoms with Gasteiger partial charge in [0.05, 0.1) is 18.8 Å². The van der Waals surface area contributed by atoms with E-state index in [1.807, 2.05) is 29.1 Å². The van der Waals surface area contributed by atoms with Crippen molar-refractivity contribution in [3.63, 3.8) is 0 Å². The molecule has 0 fully saturated rings. The third-order valence-electron chi connectivity index (χ3n) is 3.35. The van der Waals surface area contributed by atoms with E-state index in [1.165, 1.54) is 0 Å². The minimum Gasteiger partial charge on any atom is -0.481 e. The first-order valence-electron chi connectivity index (χ1n) is 7.00. The van der Waals surface area contributed by atoms with Crippen LogP contribution in [0, 0.1) is 0 Å². The first-order valence-corrected chi connectivity index (χ1v) is 7.00. The number of rotatable bonds is 5. The Morgan fingerprint density at radius 2 is 1.95 bits per heavy atom. The van der Waals surface area contributed by atoms with Crippen LogP contribution < -0.4 is 10.1 Å². The number of ether oxygens (including phenoxy) is 1. The van der Waals surface area contributed by atoms with Gasteiger partial charge in [-0.25, -0.2) is 9.67 Å². The lowest BCUT2D eigenvalue weighted by Crippen LogP contribution is -2.09. The van der Waals surface area contributed by atoms with Crippen LogP contribution in [0.1, 0.15) is 18.5 Å². The smallest absolute Gasteiger partial charge is 0.226 e. The van der Waals surface area contributed by atoms with Crippen LogP contribution in [0.5, 0.6) is 5.88 Å². The second-order valence-electron chi connectivity index (χ2n) is 4.83. The molecule has 22 heavy (non-hydrogen) atoms. The zero-order chi connectivity index (χ0) is 15.4. The number of nitrogens with zero attached hydrogens (tertiary/aromatic N) is 4. The van der Waals surface area contributed by atoms with E-state index in [9.17, 15) is 0 Å². The molecule has 0 saturated carbocycles. The predicted octanol–water partition coefficient (Wildman–Crippen LogP) is 2.84. The molecule has 1 atom stereocenters. The minimum atomic E-state index is 0.0822. The summed E-state index contributed by atoms with van der Waals surface area (Å²) in [5.74, 6) is 1.08. The summed E-state index contributed by atoms with van der Waals surface area (Å²) in [6, 6.07) is 11.9. The highest BCUT2D eigenvalue weighted by Crippen LogP contribution is 2.19. The van der Waals surface area contributed by atoms with Crippen LogP contribution in [0.15, 0.2) is 55.0 Å². The van der Waals surface area contributed by atoms with Crippen LogP contribution in [0.25, 0.3) is 5.69 Å². The van der Waals surface area contributed by atoms with Crippen LogP contribution in [0.2, 0.25) is 0 Å². The van der Waals surface area contributed by atoms with E-state index >= 15 is 0 Å². The number of methoxy groups -OCH3 is 1. The second-order valence-corrected chi connectivity index (χ2v) is 4.83. The lowest BCUT2D eigenvalue weighted by atomic mass is 10.1. The van der Waals surface area contributed by atoms with Crippen molar-refractivity contribution in [2.24, 2.45) is 0 Å². The summed E-state index contributed by atoms with van der Waals surface area (Å²) in [7, 11) is 1.59. The fraction of sp³-hybridized carbons (Fsp3) is 0.188. The number of nitrogens with one attached hydrogen (secondary N) is 1. The Morgan fingerprint density at radius 3 is 2.64 bits per heavy atom. The normalized spacial score (nSPS) is 11.9. The fourth-order valence-corrected chi connectivity index (χ4v) is 2.14. The van der Waals surface area contributed by atoms with E-state index in [2.05, 4.69) is 39.4 Å². The standard InChI is InChI=1S/C16H17N5O/c1-12(19-16-17-10-8-15(20-16)22-2)13-4-6-14(7-5-13)21-11-3-9-18-21/h3-12H,1-2H3,(H,17,19,20). The molecule has 0 saturated heterocycles. The van der Waals surface area contributed by atoms with Crippen LogP contribution in [0.3, 0.4) is 0 Å². The highest BCUT2D eigenvalue weighted by atomic mass is 16.5. The molecule has 112 valence electrons. The molecule has 0 aliphatic heterocycles. The molecule has 1 N–H and O–H groups in total. The maximum Gasteiger partial charge on any atom is 0.226 e. The number of aromatic nitrogens is 4. The molecule has 3 rings (SSSR count). The van der Waals surface area contributed by atoms with Gasteiger partial charge in [0.2, 0.25) is 11.8 Å². The van der Waals surface area contributed by atoms with Crippen molar-refractivity contribution in [1.29, 1.82) is 0 Å². The molecular weight excluding hydrogens is 278 g/mol. The molecule has 6 nitrogen and oxygen atoms in total. The van der Waals surface area contributed by atoms with Gasteiger partial charge in [-0.05, 0) is 30.7 Å². The van der Waals surface area contributed by atoms with E-state index in [0.717, 1.165) is 11.3 Å². The summed E-state index contributed by atoms with van der Waals surface area (Å²) in [5.41, 5.74) is 2.17. The first-order chi connectivity index (χ1) is 10.8. The van der Waals surface area contributed by atoms with E-state index in [1.54, 1.807) is 25.6 Å². The Kier molecular flexibility index (Phi) is 4.00. The molecular formula is C16H17N5O. The van der Waals surface area contributed by atoms with Crippen LogP contribution in [-0.2, 0) is 0 Å². The lowest BCUT2D eigenvalue weighted by molar-refractivity contribution is 0.397. The van der Waals surface area contributed by atoms with Crippen LogP contribution in [-0.4, -0.2) is 26.9 Å². The van der Waals surface area contributed by atoms with E-state index in [0.29, 0.717) is 11.8 Å². The molecule has 0 radical (unpaired) electrons. The number of hydrogen-bond acceptors (Lipinski definition) is 5. The van der Waals surface area contributed by atoms with Gasteiger partial charge in [-0.15, -0.1) is 0 Å². The summed E-state index contributed by atoms with van der Waals surface area (Å²) < 4.78 is 6.92. The van der Waals surface area contributed by atoms with Gasteiger partial charge in [0.15, 0.2) is 0 Å². The Labute approximate surface area is 128 Å². The number of benzene rings is 1. The Morgan fingerprint density at radius 1 is 1.14 bits per heavy atom. The molecule has 0 amide bonds. The van der Waals surface area contributed by atoms with Crippen molar-refractivity contribution in [3.05, 3.63) is 60.6 Å². The molecule has 2 heterocycles. The topological polar surface area (TPSA) is 64.9 Å². The summed E-state index contributed by atoms with van der Waals surface area (Å²) in [5, 5.41) is 7.48. The van der Waals surface area contributed by atoms with Crippen molar-refractivity contribution < 1.29 is 4.74 Å². The van der Waals surface area contributed by atoms with Crippen LogP contribution >= 0.6 is 0 Å². The van der Waals surface area contributed by atoms with Gasteiger partial charge >= 0.3 is 0 Å². The fourth-order valence-electron chi connectivity index (χ4n) is 2.14. The molecule has 0 bridgehead atoms. The molecule has 1 aromatic carbocycles.